The fraction of sp³-hybridized carbons (Fsp3) is 0.500. The number of nitrogens with zero attached hydrogens (tertiary/aromatic N) is 4. The molecule has 0 atom stereocenters. The van der Waals surface area contributed by atoms with Gasteiger partial charge in [-0.2, -0.15) is 10.1 Å². The summed E-state index contributed by atoms with van der Waals surface area (Å²) in [4.78, 5) is 4.00. The Morgan fingerprint density at radius 2 is 2.30 bits per heavy atom. The lowest BCUT2D eigenvalue weighted by Gasteiger charge is -2.01. The van der Waals surface area contributed by atoms with Crippen molar-refractivity contribution in [3.05, 3.63) is 24.1 Å². The van der Waals surface area contributed by atoms with Gasteiger partial charge >= 0.3 is 0 Å². The largest absolute Gasteiger partial charge is 0.338 e. The molecule has 20 heavy (non-hydrogen) atoms. The quantitative estimate of drug-likeness (QED) is 0.698. The fourth-order valence-electron chi connectivity index (χ4n) is 1.51. The summed E-state index contributed by atoms with van der Waals surface area (Å²) in [6.45, 7) is 2.70. The van der Waals surface area contributed by atoms with E-state index in [4.69, 9.17) is 10.3 Å². The van der Waals surface area contributed by atoms with Gasteiger partial charge in [0, 0.05) is 12.7 Å². The third kappa shape index (κ3) is 3.62. The standard InChI is InChI=1S/C10H16N6O3S/c1-8-14-10(19-15-8)6-13-20(17,18)9-5-12-16(7-9)4-2-3-11/h5,7,13H,2-4,6,11H2,1H3. The molecule has 0 aliphatic rings. The molecular weight excluding hydrogens is 284 g/mol. The Balaban J connectivity index is 2.00. The lowest BCUT2D eigenvalue weighted by molar-refractivity contribution is 0.372. The highest BCUT2D eigenvalue weighted by Crippen LogP contribution is 2.08. The van der Waals surface area contributed by atoms with Crippen LogP contribution in [0.3, 0.4) is 0 Å². The zero-order valence-corrected chi connectivity index (χ0v) is 11.8. The molecule has 0 saturated heterocycles. The van der Waals surface area contributed by atoms with Crippen molar-refractivity contribution in [2.24, 2.45) is 5.73 Å². The minimum absolute atomic E-state index is 0.0584. The molecule has 0 aliphatic carbocycles. The lowest BCUT2D eigenvalue weighted by Crippen LogP contribution is -2.23. The van der Waals surface area contributed by atoms with Gasteiger partial charge in [0.05, 0.1) is 12.7 Å². The molecule has 10 heteroatoms. The topological polar surface area (TPSA) is 129 Å². The number of aromatic nitrogens is 4. The molecule has 110 valence electrons. The molecule has 9 nitrogen and oxygen atoms in total. The highest BCUT2D eigenvalue weighted by Gasteiger charge is 2.17. The van der Waals surface area contributed by atoms with Crippen LogP contribution < -0.4 is 10.5 Å². The van der Waals surface area contributed by atoms with Gasteiger partial charge < -0.3 is 10.3 Å². The Labute approximate surface area is 116 Å². The van der Waals surface area contributed by atoms with Crippen molar-refractivity contribution in [2.75, 3.05) is 6.54 Å². The predicted molar refractivity (Wildman–Crippen MR) is 69.0 cm³/mol. The van der Waals surface area contributed by atoms with Crippen molar-refractivity contribution < 1.29 is 12.9 Å². The summed E-state index contributed by atoms with van der Waals surface area (Å²) in [6.07, 6.45) is 3.48. The molecule has 0 aliphatic heterocycles. The summed E-state index contributed by atoms with van der Waals surface area (Å²) >= 11 is 0. The number of hydrogen-bond acceptors (Lipinski definition) is 7. The summed E-state index contributed by atoms with van der Waals surface area (Å²) in [5.74, 6) is 0.662. The average molecular weight is 300 g/mol. The van der Waals surface area contributed by atoms with E-state index in [9.17, 15) is 8.42 Å². The van der Waals surface area contributed by atoms with Crippen molar-refractivity contribution in [3.8, 4) is 0 Å². The molecule has 0 saturated carbocycles. The van der Waals surface area contributed by atoms with E-state index in [1.807, 2.05) is 0 Å². The van der Waals surface area contributed by atoms with Crippen LogP contribution in [0, 0.1) is 6.92 Å². The van der Waals surface area contributed by atoms with E-state index in [-0.39, 0.29) is 17.3 Å². The first-order chi connectivity index (χ1) is 9.51. The molecule has 0 amide bonds. The van der Waals surface area contributed by atoms with Crippen LogP contribution in [-0.4, -0.2) is 34.9 Å². The Bertz CT molecular complexity index is 662. The summed E-state index contributed by atoms with van der Waals surface area (Å²) < 4.78 is 32.8. The van der Waals surface area contributed by atoms with E-state index in [2.05, 4.69) is 20.0 Å². The summed E-state index contributed by atoms with van der Waals surface area (Å²) in [5.41, 5.74) is 5.39. The number of nitrogens with two attached hydrogens (primary N) is 1. The Morgan fingerprint density at radius 1 is 1.50 bits per heavy atom. The molecule has 3 N–H and O–H groups in total. The highest BCUT2D eigenvalue weighted by atomic mass is 32.2. The second kappa shape index (κ2) is 6.11. The van der Waals surface area contributed by atoms with Crippen molar-refractivity contribution >= 4 is 10.0 Å². The zero-order chi connectivity index (χ0) is 14.6. The van der Waals surface area contributed by atoms with Gasteiger partial charge in [-0.05, 0) is 19.9 Å². The molecule has 0 radical (unpaired) electrons. The third-order valence-electron chi connectivity index (χ3n) is 2.49. The van der Waals surface area contributed by atoms with Crippen molar-refractivity contribution in [2.45, 2.75) is 31.3 Å². The number of aryl methyl sites for hydroxylation is 2. The normalized spacial score (nSPS) is 11.9. The minimum Gasteiger partial charge on any atom is -0.338 e. The molecule has 0 aromatic carbocycles. The average Bonchev–Trinajstić information content (AvgIpc) is 3.03. The van der Waals surface area contributed by atoms with Gasteiger partial charge in [-0.1, -0.05) is 5.16 Å². The van der Waals surface area contributed by atoms with Crippen molar-refractivity contribution in [1.82, 2.24) is 24.6 Å². The highest BCUT2D eigenvalue weighted by molar-refractivity contribution is 7.89. The van der Waals surface area contributed by atoms with Crippen LogP contribution in [0.4, 0.5) is 0 Å². The second-order valence-corrected chi connectivity index (χ2v) is 5.91. The van der Waals surface area contributed by atoms with E-state index in [1.165, 1.54) is 17.1 Å². The first kappa shape index (κ1) is 14.6. The zero-order valence-electron chi connectivity index (χ0n) is 11.0. The molecule has 0 bridgehead atoms. The molecule has 0 fully saturated rings. The van der Waals surface area contributed by atoms with Crippen LogP contribution in [0.1, 0.15) is 18.1 Å². The molecule has 0 unspecified atom stereocenters. The fourth-order valence-corrected chi connectivity index (χ4v) is 2.44. The Kier molecular flexibility index (Phi) is 4.47. The molecule has 2 aromatic rings. The van der Waals surface area contributed by atoms with Gasteiger partial charge in [-0.25, -0.2) is 13.1 Å². The van der Waals surface area contributed by atoms with Crippen LogP contribution in [0.15, 0.2) is 21.8 Å². The van der Waals surface area contributed by atoms with Crippen LogP contribution in [0.25, 0.3) is 0 Å². The van der Waals surface area contributed by atoms with E-state index >= 15 is 0 Å². The summed E-state index contributed by atoms with van der Waals surface area (Å²) in [5, 5.41) is 7.55. The maximum Gasteiger partial charge on any atom is 0.244 e. The van der Waals surface area contributed by atoms with Gasteiger partial charge in [-0.15, -0.1) is 0 Å². The van der Waals surface area contributed by atoms with Gasteiger partial charge in [0.1, 0.15) is 4.90 Å². The van der Waals surface area contributed by atoms with Gasteiger partial charge in [0.2, 0.25) is 15.9 Å². The number of hydrogen-bond donors (Lipinski definition) is 2. The maximum atomic E-state index is 12.0. The molecule has 2 aromatic heterocycles. The first-order valence-electron chi connectivity index (χ1n) is 6.02. The number of rotatable bonds is 7. The summed E-state index contributed by atoms with van der Waals surface area (Å²) in [7, 11) is -3.65. The van der Waals surface area contributed by atoms with Crippen LogP contribution in [0.5, 0.6) is 0 Å². The van der Waals surface area contributed by atoms with Crippen molar-refractivity contribution in [3.63, 3.8) is 0 Å². The van der Waals surface area contributed by atoms with E-state index < -0.39 is 10.0 Å². The minimum atomic E-state index is -3.65. The monoisotopic (exact) mass is 300 g/mol. The predicted octanol–water partition coefficient (Wildman–Crippen LogP) is -0.598. The van der Waals surface area contributed by atoms with Crippen LogP contribution >= 0.6 is 0 Å². The maximum absolute atomic E-state index is 12.0. The number of sulfonamides is 1. The van der Waals surface area contributed by atoms with Gasteiger partial charge in [0.15, 0.2) is 5.82 Å². The van der Waals surface area contributed by atoms with E-state index in [0.717, 1.165) is 6.42 Å². The van der Waals surface area contributed by atoms with Crippen LogP contribution in [-0.2, 0) is 23.1 Å². The van der Waals surface area contributed by atoms with Crippen molar-refractivity contribution in [1.29, 1.82) is 0 Å². The Hall–Kier alpha value is -1.78. The SMILES string of the molecule is Cc1noc(CNS(=O)(=O)c2cnn(CCCN)c2)n1. The molecule has 0 spiro atoms. The molecular formula is C10H16N6O3S. The first-order valence-corrected chi connectivity index (χ1v) is 7.51. The lowest BCUT2D eigenvalue weighted by atomic mass is 10.4. The summed E-state index contributed by atoms with van der Waals surface area (Å²) in [6, 6.07) is 0. The van der Waals surface area contributed by atoms with Gasteiger partial charge in [-0.3, -0.25) is 4.68 Å². The molecule has 2 rings (SSSR count). The smallest absolute Gasteiger partial charge is 0.244 e. The third-order valence-corrected chi connectivity index (χ3v) is 3.85. The van der Waals surface area contributed by atoms with E-state index in [1.54, 1.807) is 6.92 Å². The van der Waals surface area contributed by atoms with Crippen LogP contribution in [0.2, 0.25) is 0 Å². The molecule has 2 heterocycles. The van der Waals surface area contributed by atoms with Gasteiger partial charge in [0.25, 0.3) is 0 Å². The Morgan fingerprint density at radius 3 is 2.95 bits per heavy atom. The number of nitrogens with one attached hydrogen (secondary N) is 1. The van der Waals surface area contributed by atoms with E-state index in [0.29, 0.717) is 18.9 Å². The second-order valence-electron chi connectivity index (χ2n) is 4.14.